The molecular formula is C13H23NO3. The second-order valence-corrected chi connectivity index (χ2v) is 4.66. The molecule has 0 bridgehead atoms. The fraction of sp³-hybridized carbons (Fsp3) is 0.692. The third-order valence-corrected chi connectivity index (χ3v) is 2.33. The second kappa shape index (κ2) is 8.01. The van der Waals surface area contributed by atoms with E-state index in [-0.39, 0.29) is 24.2 Å². The van der Waals surface area contributed by atoms with Crippen molar-refractivity contribution in [1.29, 1.82) is 0 Å². The van der Waals surface area contributed by atoms with E-state index >= 15 is 0 Å². The molecule has 0 aliphatic rings. The van der Waals surface area contributed by atoms with Crippen LogP contribution in [0.25, 0.3) is 0 Å². The molecule has 1 amide bonds. The normalized spacial score (nSPS) is 12.3. The van der Waals surface area contributed by atoms with Crippen molar-refractivity contribution in [2.24, 2.45) is 5.92 Å². The van der Waals surface area contributed by atoms with Gasteiger partial charge >= 0.3 is 0 Å². The number of rotatable bonds is 8. The lowest BCUT2D eigenvalue weighted by Crippen LogP contribution is -2.44. The number of Topliss-reactive ketones (excluding diaryl/α,β-unsaturated/α-hetero) is 1. The summed E-state index contributed by atoms with van der Waals surface area (Å²) in [5.74, 6) is -0.192. The van der Waals surface area contributed by atoms with Crippen LogP contribution in [0.1, 0.15) is 34.1 Å². The van der Waals surface area contributed by atoms with E-state index < -0.39 is 6.04 Å². The molecule has 98 valence electrons. The largest absolute Gasteiger partial charge is 0.371 e. The average molecular weight is 241 g/mol. The van der Waals surface area contributed by atoms with Crippen LogP contribution in [-0.4, -0.2) is 30.9 Å². The summed E-state index contributed by atoms with van der Waals surface area (Å²) in [6.45, 7) is 11.4. The highest BCUT2D eigenvalue weighted by Gasteiger charge is 2.20. The number of nitrogens with one attached hydrogen (secondary N) is 1. The summed E-state index contributed by atoms with van der Waals surface area (Å²) >= 11 is 0. The van der Waals surface area contributed by atoms with Gasteiger partial charge in [-0.25, -0.2) is 0 Å². The summed E-state index contributed by atoms with van der Waals surface area (Å²) in [5, 5.41) is 2.67. The summed E-state index contributed by atoms with van der Waals surface area (Å²) in [6.07, 6.45) is 0.744. The van der Waals surface area contributed by atoms with E-state index in [0.29, 0.717) is 6.61 Å². The zero-order valence-electron chi connectivity index (χ0n) is 11.2. The molecule has 4 heteroatoms. The SMILES string of the molecule is C=C(C)CCOCC(=O)NC(C(C)=O)C(C)C. The average Bonchev–Trinajstić information content (AvgIpc) is 2.19. The van der Waals surface area contributed by atoms with Crippen molar-refractivity contribution in [3.63, 3.8) is 0 Å². The molecule has 1 N–H and O–H groups in total. The van der Waals surface area contributed by atoms with Gasteiger partial charge in [-0.15, -0.1) is 6.58 Å². The Morgan fingerprint density at radius 3 is 2.29 bits per heavy atom. The molecule has 0 aromatic heterocycles. The molecule has 4 nitrogen and oxygen atoms in total. The van der Waals surface area contributed by atoms with E-state index in [2.05, 4.69) is 11.9 Å². The minimum absolute atomic E-state index is 0.0101. The van der Waals surface area contributed by atoms with E-state index in [4.69, 9.17) is 4.74 Å². The van der Waals surface area contributed by atoms with Crippen LogP contribution in [0.3, 0.4) is 0 Å². The molecule has 0 rings (SSSR count). The molecule has 0 radical (unpaired) electrons. The standard InChI is InChI=1S/C13H23NO3/c1-9(2)6-7-17-8-12(16)14-13(10(3)4)11(5)15/h10,13H,1,6-8H2,2-5H3,(H,14,16). The van der Waals surface area contributed by atoms with Crippen molar-refractivity contribution in [2.45, 2.75) is 40.2 Å². The van der Waals surface area contributed by atoms with Crippen LogP contribution in [0.2, 0.25) is 0 Å². The van der Waals surface area contributed by atoms with Gasteiger partial charge in [-0.3, -0.25) is 9.59 Å². The molecule has 0 heterocycles. The van der Waals surface area contributed by atoms with Gasteiger partial charge in [0.15, 0.2) is 5.78 Å². The molecule has 17 heavy (non-hydrogen) atoms. The number of amides is 1. The highest BCUT2D eigenvalue weighted by molar-refractivity contribution is 5.88. The Bertz CT molecular complexity index is 284. The third-order valence-electron chi connectivity index (χ3n) is 2.33. The summed E-state index contributed by atoms with van der Waals surface area (Å²) in [5.41, 5.74) is 1.02. The number of carbonyl (C=O) groups excluding carboxylic acids is 2. The van der Waals surface area contributed by atoms with Gasteiger partial charge in [-0.2, -0.15) is 0 Å². The molecule has 0 aliphatic heterocycles. The van der Waals surface area contributed by atoms with Crippen molar-refractivity contribution in [2.75, 3.05) is 13.2 Å². The Morgan fingerprint density at radius 2 is 1.88 bits per heavy atom. The maximum absolute atomic E-state index is 11.5. The predicted molar refractivity (Wildman–Crippen MR) is 67.7 cm³/mol. The second-order valence-electron chi connectivity index (χ2n) is 4.66. The number of carbonyl (C=O) groups is 2. The maximum atomic E-state index is 11.5. The molecule has 0 aromatic rings. The van der Waals surface area contributed by atoms with E-state index in [1.54, 1.807) is 0 Å². The lowest BCUT2D eigenvalue weighted by molar-refractivity contribution is -0.130. The molecule has 1 atom stereocenters. The van der Waals surface area contributed by atoms with Crippen LogP contribution in [-0.2, 0) is 14.3 Å². The van der Waals surface area contributed by atoms with Crippen molar-refractivity contribution in [3.8, 4) is 0 Å². The predicted octanol–water partition coefficient (Wildman–Crippen LogP) is 1.70. The quantitative estimate of drug-likeness (QED) is 0.520. The van der Waals surface area contributed by atoms with Gasteiger partial charge in [0.25, 0.3) is 0 Å². The number of hydrogen-bond donors (Lipinski definition) is 1. The van der Waals surface area contributed by atoms with Gasteiger partial charge in [0.05, 0.1) is 12.6 Å². The van der Waals surface area contributed by atoms with Crippen LogP contribution in [0, 0.1) is 5.92 Å². The molecule has 0 saturated carbocycles. The van der Waals surface area contributed by atoms with Gasteiger partial charge in [0, 0.05) is 0 Å². The molecular weight excluding hydrogens is 218 g/mol. The first-order valence-electron chi connectivity index (χ1n) is 5.86. The fourth-order valence-corrected chi connectivity index (χ4v) is 1.36. The summed E-state index contributed by atoms with van der Waals surface area (Å²) in [4.78, 5) is 22.8. The van der Waals surface area contributed by atoms with Crippen molar-refractivity contribution in [3.05, 3.63) is 12.2 Å². The fourth-order valence-electron chi connectivity index (χ4n) is 1.36. The van der Waals surface area contributed by atoms with E-state index in [9.17, 15) is 9.59 Å². The monoisotopic (exact) mass is 241 g/mol. The smallest absolute Gasteiger partial charge is 0.246 e. The molecule has 0 spiro atoms. The Kier molecular flexibility index (Phi) is 7.46. The first-order chi connectivity index (χ1) is 7.84. The Hall–Kier alpha value is -1.16. The lowest BCUT2D eigenvalue weighted by atomic mass is 10.0. The van der Waals surface area contributed by atoms with E-state index in [0.717, 1.165) is 12.0 Å². The minimum atomic E-state index is -0.424. The van der Waals surface area contributed by atoms with Gasteiger partial charge in [0.1, 0.15) is 6.61 Å². The molecule has 0 fully saturated rings. The zero-order valence-corrected chi connectivity index (χ0v) is 11.2. The first kappa shape index (κ1) is 15.8. The maximum Gasteiger partial charge on any atom is 0.246 e. The van der Waals surface area contributed by atoms with Crippen LogP contribution in [0.15, 0.2) is 12.2 Å². The number of ketones is 1. The number of hydrogen-bond acceptors (Lipinski definition) is 3. The van der Waals surface area contributed by atoms with Gasteiger partial charge in [-0.1, -0.05) is 19.4 Å². The Morgan fingerprint density at radius 1 is 1.29 bits per heavy atom. The van der Waals surface area contributed by atoms with E-state index in [1.165, 1.54) is 6.92 Å². The van der Waals surface area contributed by atoms with Gasteiger partial charge < -0.3 is 10.1 Å². The van der Waals surface area contributed by atoms with Crippen molar-refractivity contribution in [1.82, 2.24) is 5.32 Å². The Labute approximate surface area is 103 Å². The van der Waals surface area contributed by atoms with Crippen LogP contribution >= 0.6 is 0 Å². The van der Waals surface area contributed by atoms with Crippen LogP contribution in [0.4, 0.5) is 0 Å². The zero-order chi connectivity index (χ0) is 13.4. The molecule has 1 unspecified atom stereocenters. The highest BCUT2D eigenvalue weighted by atomic mass is 16.5. The summed E-state index contributed by atoms with van der Waals surface area (Å²) in [7, 11) is 0. The number of ether oxygens (including phenoxy) is 1. The van der Waals surface area contributed by atoms with Crippen LogP contribution in [0.5, 0.6) is 0 Å². The van der Waals surface area contributed by atoms with Crippen LogP contribution < -0.4 is 5.32 Å². The van der Waals surface area contributed by atoms with E-state index in [1.807, 2.05) is 20.8 Å². The van der Waals surface area contributed by atoms with Crippen molar-refractivity contribution >= 4 is 11.7 Å². The Balaban J connectivity index is 3.91. The summed E-state index contributed by atoms with van der Waals surface area (Å²) < 4.78 is 5.18. The molecule has 0 aromatic carbocycles. The molecule has 0 aliphatic carbocycles. The molecule has 0 saturated heterocycles. The van der Waals surface area contributed by atoms with Gasteiger partial charge in [0.2, 0.25) is 5.91 Å². The third kappa shape index (κ3) is 7.69. The first-order valence-corrected chi connectivity index (χ1v) is 5.86. The highest BCUT2D eigenvalue weighted by Crippen LogP contribution is 2.02. The van der Waals surface area contributed by atoms with Gasteiger partial charge in [-0.05, 0) is 26.2 Å². The lowest BCUT2D eigenvalue weighted by Gasteiger charge is -2.19. The summed E-state index contributed by atoms with van der Waals surface area (Å²) in [6, 6.07) is -0.424. The topological polar surface area (TPSA) is 55.4 Å². The van der Waals surface area contributed by atoms with Crippen molar-refractivity contribution < 1.29 is 14.3 Å². The minimum Gasteiger partial charge on any atom is -0.371 e.